The summed E-state index contributed by atoms with van der Waals surface area (Å²) in [4.78, 5) is 35.4. The molecule has 262 valence electrons. The molecule has 10 heteroatoms. The number of unbranched alkanes of at least 4 members (excludes halogenated alkanes) is 3. The normalized spacial score (nSPS) is 17.3. The first kappa shape index (κ1) is 36.8. The Morgan fingerprint density at radius 3 is 2.12 bits per heavy atom. The van der Waals surface area contributed by atoms with Crippen LogP contribution in [0.5, 0.6) is 0 Å². The number of carbonyl (C=O) groups is 3. The molecule has 9 nitrogen and oxygen atoms in total. The Morgan fingerprint density at radius 2 is 1.44 bits per heavy atom. The van der Waals surface area contributed by atoms with Crippen LogP contribution in [0.2, 0.25) is 0 Å². The number of hydrogen-bond donors (Lipinski definition) is 4. The summed E-state index contributed by atoms with van der Waals surface area (Å²) in [7, 11) is 0. The monoisotopic (exact) mass is 697 g/mol. The van der Waals surface area contributed by atoms with Crippen LogP contribution < -0.4 is 5.32 Å². The number of amides is 1. The van der Waals surface area contributed by atoms with Crippen molar-refractivity contribution in [2.24, 2.45) is 0 Å². The van der Waals surface area contributed by atoms with Crippen molar-refractivity contribution < 1.29 is 39.2 Å². The first-order valence-corrected chi connectivity index (χ1v) is 17.9. The number of carboxylic acids is 2. The Labute approximate surface area is 296 Å². The zero-order valence-electron chi connectivity index (χ0n) is 27.8. The lowest BCUT2D eigenvalue weighted by Crippen LogP contribution is -2.31. The number of nitrogens with one attached hydrogen (secondary N) is 1. The van der Waals surface area contributed by atoms with Crippen LogP contribution in [0.25, 0.3) is 11.1 Å². The molecule has 0 radical (unpaired) electrons. The van der Waals surface area contributed by atoms with Crippen LogP contribution in [0.4, 0.5) is 0 Å². The molecule has 1 fully saturated rings. The van der Waals surface area contributed by atoms with Crippen LogP contribution >= 0.6 is 11.8 Å². The molecule has 50 heavy (non-hydrogen) atoms. The summed E-state index contributed by atoms with van der Waals surface area (Å²) < 4.78 is 13.0. The molecule has 4 aromatic rings. The van der Waals surface area contributed by atoms with E-state index in [0.29, 0.717) is 31.6 Å². The Balaban J connectivity index is 1.24. The Morgan fingerprint density at radius 1 is 0.760 bits per heavy atom. The number of ether oxygens (including phenoxy) is 2. The number of aliphatic hydroxyl groups excluding tert-OH is 1. The molecule has 0 aliphatic carbocycles. The Hall–Kier alpha value is -4.48. The highest BCUT2D eigenvalue weighted by Crippen LogP contribution is 2.40. The zero-order chi connectivity index (χ0) is 35.3. The average molecular weight is 698 g/mol. The minimum atomic E-state index is -0.955. The third kappa shape index (κ3) is 10.8. The maximum Gasteiger partial charge on any atom is 0.335 e. The van der Waals surface area contributed by atoms with Gasteiger partial charge in [-0.05, 0) is 64.9 Å². The standard InChI is InChI=1S/C40H43NO8S/c42-25-27-11-13-29(14-12-27)36-23-33(26-50-34-21-19-30(20-22-34)39(46)47)48-40(49-36)31-17-15-28(16-18-31)35-8-6-5-7-32(35)24-41-37(43)9-3-1-2-4-10-38(44)45/h5-8,11-22,33,36,40,42H,1-4,9-10,23-26H2,(H,41,43)(H,44,45)(H,46,47)/t33-,36+,40+/m1/s1. The molecule has 0 saturated carbocycles. The summed E-state index contributed by atoms with van der Waals surface area (Å²) in [6.45, 7) is 0.372. The minimum Gasteiger partial charge on any atom is -0.481 e. The second kappa shape index (κ2) is 18.5. The number of thioether (sulfide) groups is 1. The predicted molar refractivity (Wildman–Crippen MR) is 192 cm³/mol. The molecule has 1 saturated heterocycles. The van der Waals surface area contributed by atoms with Gasteiger partial charge in [-0.25, -0.2) is 4.79 Å². The van der Waals surface area contributed by atoms with Crippen molar-refractivity contribution in [3.05, 3.63) is 125 Å². The number of aromatic carboxylic acids is 1. The van der Waals surface area contributed by atoms with Crippen LogP contribution in [-0.4, -0.2) is 45.0 Å². The molecule has 1 aliphatic rings. The Bertz CT molecular complexity index is 1710. The second-order valence-electron chi connectivity index (χ2n) is 12.4. The van der Waals surface area contributed by atoms with E-state index in [2.05, 4.69) is 5.32 Å². The number of benzene rings is 4. The summed E-state index contributed by atoms with van der Waals surface area (Å²) in [6.07, 6.45) is 3.23. The van der Waals surface area contributed by atoms with Gasteiger partial charge in [0.2, 0.25) is 5.91 Å². The third-order valence-electron chi connectivity index (χ3n) is 8.68. The van der Waals surface area contributed by atoms with E-state index in [0.717, 1.165) is 57.5 Å². The van der Waals surface area contributed by atoms with Crippen molar-refractivity contribution in [3.63, 3.8) is 0 Å². The highest BCUT2D eigenvalue weighted by molar-refractivity contribution is 7.99. The fraction of sp³-hybridized carbons (Fsp3) is 0.325. The largest absolute Gasteiger partial charge is 0.481 e. The highest BCUT2D eigenvalue weighted by atomic mass is 32.2. The second-order valence-corrected chi connectivity index (χ2v) is 13.4. The van der Waals surface area contributed by atoms with Gasteiger partial charge >= 0.3 is 11.9 Å². The van der Waals surface area contributed by atoms with Gasteiger partial charge in [-0.15, -0.1) is 11.8 Å². The van der Waals surface area contributed by atoms with E-state index >= 15 is 0 Å². The quantitative estimate of drug-likeness (QED) is 0.0639. The van der Waals surface area contributed by atoms with E-state index in [9.17, 15) is 24.6 Å². The molecule has 4 aromatic carbocycles. The van der Waals surface area contributed by atoms with E-state index in [1.807, 2.05) is 84.9 Å². The van der Waals surface area contributed by atoms with Crippen molar-refractivity contribution in [1.82, 2.24) is 5.32 Å². The molecule has 0 unspecified atom stereocenters. The fourth-order valence-corrected chi connectivity index (χ4v) is 6.80. The number of hydrogen-bond acceptors (Lipinski definition) is 7. The van der Waals surface area contributed by atoms with Gasteiger partial charge < -0.3 is 30.1 Å². The summed E-state index contributed by atoms with van der Waals surface area (Å²) in [5, 5.41) is 30.5. The smallest absolute Gasteiger partial charge is 0.335 e. The topological polar surface area (TPSA) is 142 Å². The average Bonchev–Trinajstić information content (AvgIpc) is 3.14. The van der Waals surface area contributed by atoms with Gasteiger partial charge in [-0.2, -0.15) is 0 Å². The minimum absolute atomic E-state index is 0.0227. The lowest BCUT2D eigenvalue weighted by molar-refractivity contribution is -0.245. The molecule has 1 heterocycles. The highest BCUT2D eigenvalue weighted by Gasteiger charge is 2.32. The van der Waals surface area contributed by atoms with Crippen molar-refractivity contribution in [3.8, 4) is 11.1 Å². The molecule has 3 atom stereocenters. The van der Waals surface area contributed by atoms with Crippen LogP contribution in [0.15, 0.2) is 102 Å². The number of rotatable bonds is 17. The van der Waals surface area contributed by atoms with Gasteiger partial charge in [0.15, 0.2) is 6.29 Å². The van der Waals surface area contributed by atoms with Crippen molar-refractivity contribution in [1.29, 1.82) is 0 Å². The molecule has 0 spiro atoms. The zero-order valence-corrected chi connectivity index (χ0v) is 28.6. The first-order valence-electron chi connectivity index (χ1n) is 16.9. The number of aliphatic hydroxyl groups is 1. The third-order valence-corrected chi connectivity index (χ3v) is 9.83. The SMILES string of the molecule is O=C(O)CCCCCCC(=O)NCc1ccccc1-c1ccc([C@H]2O[C@@H](CSc3ccc(C(=O)O)cc3)C[C@@H](c3ccc(CO)cc3)O2)cc1. The number of carboxylic acid groups (broad SMARTS) is 2. The molecule has 4 N–H and O–H groups in total. The molecular weight excluding hydrogens is 655 g/mol. The lowest BCUT2D eigenvalue weighted by Gasteiger charge is -2.36. The van der Waals surface area contributed by atoms with E-state index < -0.39 is 18.2 Å². The van der Waals surface area contributed by atoms with Crippen molar-refractivity contribution in [2.45, 2.75) is 81.5 Å². The van der Waals surface area contributed by atoms with E-state index in [1.54, 1.807) is 23.9 Å². The lowest BCUT2D eigenvalue weighted by atomic mass is 9.97. The summed E-state index contributed by atoms with van der Waals surface area (Å²) in [5.74, 6) is -1.11. The van der Waals surface area contributed by atoms with Crippen LogP contribution in [0.3, 0.4) is 0 Å². The summed E-state index contributed by atoms with van der Waals surface area (Å²) >= 11 is 1.61. The maximum absolute atomic E-state index is 12.5. The first-order chi connectivity index (χ1) is 24.3. The van der Waals surface area contributed by atoms with Gasteiger partial charge in [0.25, 0.3) is 0 Å². The number of aliphatic carboxylic acids is 1. The van der Waals surface area contributed by atoms with Gasteiger partial charge in [0, 0.05) is 42.0 Å². The van der Waals surface area contributed by atoms with Gasteiger partial charge in [-0.3, -0.25) is 9.59 Å². The van der Waals surface area contributed by atoms with Crippen molar-refractivity contribution >= 4 is 29.6 Å². The van der Waals surface area contributed by atoms with Gasteiger partial charge in [-0.1, -0.05) is 85.6 Å². The maximum atomic E-state index is 12.5. The van der Waals surface area contributed by atoms with Crippen LogP contribution in [0.1, 0.15) is 90.0 Å². The van der Waals surface area contributed by atoms with Crippen LogP contribution in [-0.2, 0) is 32.2 Å². The van der Waals surface area contributed by atoms with E-state index in [1.165, 1.54) is 0 Å². The predicted octanol–water partition coefficient (Wildman–Crippen LogP) is 7.92. The fourth-order valence-electron chi connectivity index (χ4n) is 5.88. The van der Waals surface area contributed by atoms with E-state index in [-0.39, 0.29) is 36.7 Å². The van der Waals surface area contributed by atoms with Gasteiger partial charge in [0.05, 0.1) is 24.4 Å². The van der Waals surface area contributed by atoms with Gasteiger partial charge in [0.1, 0.15) is 0 Å². The molecule has 1 aliphatic heterocycles. The molecule has 0 aromatic heterocycles. The van der Waals surface area contributed by atoms with Crippen LogP contribution in [0, 0.1) is 0 Å². The number of carbonyl (C=O) groups excluding carboxylic acids is 1. The molecule has 1 amide bonds. The molecule has 5 rings (SSSR count). The van der Waals surface area contributed by atoms with Crippen molar-refractivity contribution in [2.75, 3.05) is 5.75 Å². The van der Waals surface area contributed by atoms with E-state index in [4.69, 9.17) is 14.6 Å². The molecule has 0 bridgehead atoms. The Kier molecular flexibility index (Phi) is 13.6. The summed E-state index contributed by atoms with van der Waals surface area (Å²) in [6, 6.07) is 30.6. The molecular formula is C40H43NO8S. The summed E-state index contributed by atoms with van der Waals surface area (Å²) in [5.41, 5.74) is 5.97.